The van der Waals surface area contributed by atoms with Gasteiger partial charge in [-0.2, -0.15) is 0 Å². The maximum atomic E-state index is 12.4. The summed E-state index contributed by atoms with van der Waals surface area (Å²) in [6.07, 6.45) is 0. The molecular formula is C16H26N3O2+. The Morgan fingerprint density at radius 1 is 1.19 bits per heavy atom. The molecule has 1 aromatic rings. The highest BCUT2D eigenvalue weighted by molar-refractivity contribution is 5.94. The number of nitrogens with one attached hydrogen (secondary N) is 2. The van der Waals surface area contributed by atoms with Crippen LogP contribution >= 0.6 is 0 Å². The monoisotopic (exact) mass is 292 g/mol. The van der Waals surface area contributed by atoms with Crippen molar-refractivity contribution in [3.63, 3.8) is 0 Å². The van der Waals surface area contributed by atoms with Crippen LogP contribution in [0.15, 0.2) is 30.3 Å². The molecule has 0 heterocycles. The molecule has 0 saturated carbocycles. The Hall–Kier alpha value is -1.88. The fraction of sp³-hybridized carbons (Fsp3) is 0.500. The van der Waals surface area contributed by atoms with Gasteiger partial charge in [-0.25, -0.2) is 0 Å². The van der Waals surface area contributed by atoms with E-state index in [2.05, 4.69) is 5.32 Å². The third-order valence-corrected chi connectivity index (χ3v) is 3.05. The van der Waals surface area contributed by atoms with Crippen LogP contribution in [0.1, 0.15) is 20.8 Å². The van der Waals surface area contributed by atoms with Gasteiger partial charge in [0.25, 0.3) is 11.8 Å². The van der Waals surface area contributed by atoms with E-state index in [1.807, 2.05) is 58.2 Å². The minimum atomic E-state index is -0.0296. The van der Waals surface area contributed by atoms with Crippen molar-refractivity contribution in [3.05, 3.63) is 30.3 Å². The summed E-state index contributed by atoms with van der Waals surface area (Å²) in [4.78, 5) is 26.7. The molecule has 116 valence electrons. The summed E-state index contributed by atoms with van der Waals surface area (Å²) in [5.41, 5.74) is 0.893. The highest BCUT2D eigenvalue weighted by Crippen LogP contribution is 2.12. The lowest BCUT2D eigenvalue weighted by atomic mass is 10.2. The quantitative estimate of drug-likeness (QED) is 0.748. The van der Waals surface area contributed by atoms with E-state index in [0.29, 0.717) is 19.6 Å². The summed E-state index contributed by atoms with van der Waals surface area (Å²) < 4.78 is 0. The Bertz CT molecular complexity index is 460. The molecule has 0 saturated heterocycles. The summed E-state index contributed by atoms with van der Waals surface area (Å²) >= 11 is 0. The Labute approximate surface area is 126 Å². The van der Waals surface area contributed by atoms with Gasteiger partial charge in [-0.05, 0) is 32.9 Å². The molecule has 0 spiro atoms. The van der Waals surface area contributed by atoms with E-state index in [-0.39, 0.29) is 17.9 Å². The summed E-state index contributed by atoms with van der Waals surface area (Å²) in [5.74, 6) is -0.00314. The number of para-hydroxylation sites is 1. The summed E-state index contributed by atoms with van der Waals surface area (Å²) in [5, 5.41) is 2.84. The average Bonchev–Trinajstić information content (AvgIpc) is 2.39. The number of nitrogens with zero attached hydrogens (tertiary/aromatic N) is 1. The largest absolute Gasteiger partial charge is 0.349 e. The molecule has 0 bridgehead atoms. The van der Waals surface area contributed by atoms with Crippen molar-refractivity contribution in [2.24, 2.45) is 0 Å². The van der Waals surface area contributed by atoms with Crippen LogP contribution in [0.2, 0.25) is 0 Å². The zero-order valence-electron chi connectivity index (χ0n) is 13.3. The third-order valence-electron chi connectivity index (χ3n) is 3.05. The van der Waals surface area contributed by atoms with Gasteiger partial charge in [-0.3, -0.25) is 9.59 Å². The lowest BCUT2D eigenvalue weighted by molar-refractivity contribution is -0.862. The van der Waals surface area contributed by atoms with Gasteiger partial charge in [0.1, 0.15) is 0 Å². The highest BCUT2D eigenvalue weighted by atomic mass is 16.2. The number of hydrogen-bond acceptors (Lipinski definition) is 2. The SMILES string of the molecule is CCN(C(=O)C[NH+](C)CC(=O)NC(C)C)c1ccccc1. The highest BCUT2D eigenvalue weighted by Gasteiger charge is 2.19. The molecule has 21 heavy (non-hydrogen) atoms. The molecule has 1 atom stereocenters. The molecule has 0 aliphatic carbocycles. The summed E-state index contributed by atoms with van der Waals surface area (Å²) in [6.45, 7) is 7.02. The first kappa shape index (κ1) is 17.2. The van der Waals surface area contributed by atoms with Gasteiger partial charge < -0.3 is 15.1 Å². The molecule has 1 unspecified atom stereocenters. The fourth-order valence-corrected chi connectivity index (χ4v) is 2.17. The van der Waals surface area contributed by atoms with Crippen LogP contribution in [0, 0.1) is 0 Å². The molecule has 5 heteroatoms. The molecule has 0 aromatic heterocycles. The lowest BCUT2D eigenvalue weighted by Crippen LogP contribution is -3.11. The standard InChI is InChI=1S/C16H25N3O2/c1-5-19(14-9-7-6-8-10-14)16(21)12-18(4)11-15(20)17-13(2)3/h6-10,13H,5,11-12H2,1-4H3,(H,17,20)/p+1. The second-order valence-corrected chi connectivity index (χ2v) is 5.51. The van der Waals surface area contributed by atoms with E-state index in [1.165, 1.54) is 0 Å². The smallest absolute Gasteiger partial charge is 0.282 e. The van der Waals surface area contributed by atoms with Crippen molar-refractivity contribution >= 4 is 17.5 Å². The van der Waals surface area contributed by atoms with Gasteiger partial charge in [0.05, 0.1) is 7.05 Å². The van der Waals surface area contributed by atoms with Crippen LogP contribution in [-0.2, 0) is 9.59 Å². The van der Waals surface area contributed by atoms with Crippen LogP contribution in [0.4, 0.5) is 5.69 Å². The second kappa shape index (κ2) is 8.42. The third kappa shape index (κ3) is 5.95. The van der Waals surface area contributed by atoms with Gasteiger partial charge in [-0.1, -0.05) is 18.2 Å². The van der Waals surface area contributed by atoms with E-state index < -0.39 is 0 Å². The minimum Gasteiger partial charge on any atom is -0.349 e. The molecule has 1 aromatic carbocycles. The van der Waals surface area contributed by atoms with Crippen LogP contribution < -0.4 is 15.1 Å². The Morgan fingerprint density at radius 2 is 1.81 bits per heavy atom. The number of carbonyl (C=O) groups is 2. The Balaban J connectivity index is 2.56. The number of benzene rings is 1. The van der Waals surface area contributed by atoms with Gasteiger partial charge in [-0.15, -0.1) is 0 Å². The maximum absolute atomic E-state index is 12.4. The number of likely N-dealkylation sites (N-methyl/N-ethyl adjacent to an activating group) is 2. The number of rotatable bonds is 7. The number of quaternary nitrogens is 1. The molecule has 0 aliphatic rings. The predicted octanol–water partition coefficient (Wildman–Crippen LogP) is 0.0788. The van der Waals surface area contributed by atoms with Crippen LogP contribution in [0.5, 0.6) is 0 Å². The first-order valence-electron chi connectivity index (χ1n) is 7.40. The van der Waals surface area contributed by atoms with Crippen molar-refractivity contribution in [3.8, 4) is 0 Å². The predicted molar refractivity (Wildman–Crippen MR) is 84.4 cm³/mol. The molecule has 5 nitrogen and oxygen atoms in total. The summed E-state index contributed by atoms with van der Waals surface area (Å²) in [6, 6.07) is 9.72. The van der Waals surface area contributed by atoms with Gasteiger partial charge in [0.15, 0.2) is 13.1 Å². The zero-order chi connectivity index (χ0) is 15.8. The van der Waals surface area contributed by atoms with E-state index in [9.17, 15) is 9.59 Å². The molecule has 0 fully saturated rings. The fourth-order valence-electron chi connectivity index (χ4n) is 2.17. The first-order valence-corrected chi connectivity index (χ1v) is 7.40. The topological polar surface area (TPSA) is 53.9 Å². The lowest BCUT2D eigenvalue weighted by Gasteiger charge is -2.22. The Morgan fingerprint density at radius 3 is 2.33 bits per heavy atom. The molecule has 1 rings (SSSR count). The Kier molecular flexibility index (Phi) is 6.88. The van der Waals surface area contributed by atoms with Crippen molar-refractivity contribution < 1.29 is 14.5 Å². The zero-order valence-corrected chi connectivity index (χ0v) is 13.3. The number of anilines is 1. The molecule has 0 radical (unpaired) electrons. The first-order chi connectivity index (χ1) is 9.93. The van der Waals surface area contributed by atoms with Crippen molar-refractivity contribution in [1.82, 2.24) is 5.32 Å². The average molecular weight is 292 g/mol. The molecule has 2 N–H and O–H groups in total. The van der Waals surface area contributed by atoms with E-state index in [4.69, 9.17) is 0 Å². The van der Waals surface area contributed by atoms with E-state index in [1.54, 1.807) is 4.90 Å². The van der Waals surface area contributed by atoms with Crippen molar-refractivity contribution in [2.45, 2.75) is 26.8 Å². The molecule has 0 aliphatic heterocycles. The minimum absolute atomic E-state index is 0.0264. The van der Waals surface area contributed by atoms with E-state index in [0.717, 1.165) is 10.6 Å². The van der Waals surface area contributed by atoms with Gasteiger partial charge >= 0.3 is 0 Å². The van der Waals surface area contributed by atoms with Gasteiger partial charge in [0.2, 0.25) is 0 Å². The normalized spacial score (nSPS) is 12.0. The van der Waals surface area contributed by atoms with Crippen molar-refractivity contribution in [2.75, 3.05) is 31.6 Å². The van der Waals surface area contributed by atoms with Gasteiger partial charge in [0, 0.05) is 18.3 Å². The number of amides is 2. The number of carbonyl (C=O) groups excluding carboxylic acids is 2. The maximum Gasteiger partial charge on any atom is 0.282 e. The van der Waals surface area contributed by atoms with E-state index >= 15 is 0 Å². The number of hydrogen-bond donors (Lipinski definition) is 2. The summed E-state index contributed by atoms with van der Waals surface area (Å²) in [7, 11) is 1.86. The van der Waals surface area contributed by atoms with Crippen LogP contribution in [-0.4, -0.2) is 44.5 Å². The molecular weight excluding hydrogens is 266 g/mol. The van der Waals surface area contributed by atoms with Crippen LogP contribution in [0.25, 0.3) is 0 Å². The second-order valence-electron chi connectivity index (χ2n) is 5.51. The van der Waals surface area contributed by atoms with Crippen molar-refractivity contribution in [1.29, 1.82) is 0 Å². The van der Waals surface area contributed by atoms with Crippen LogP contribution in [0.3, 0.4) is 0 Å². The molecule has 2 amide bonds.